The number of carboxylic acids is 1. The van der Waals surface area contributed by atoms with Crippen molar-refractivity contribution in [1.29, 1.82) is 0 Å². The fraction of sp³-hybridized carbons (Fsp3) is 0.600. The molecule has 1 N–H and O–H groups in total. The number of piperidine rings is 1. The highest BCUT2D eigenvalue weighted by Gasteiger charge is 2.20. The Morgan fingerprint density at radius 3 is 2.78 bits per heavy atom. The van der Waals surface area contributed by atoms with E-state index in [9.17, 15) is 4.79 Å². The monoisotopic (exact) mass is 371 g/mol. The highest BCUT2D eigenvalue weighted by molar-refractivity contribution is 5.66. The summed E-state index contributed by atoms with van der Waals surface area (Å²) in [5.41, 5.74) is 0.992. The molecule has 3 rings (SSSR count). The number of aromatic nitrogens is 4. The number of hydrogen-bond donors (Lipinski definition) is 1. The molecule has 1 unspecified atom stereocenters. The number of tetrazole rings is 1. The summed E-state index contributed by atoms with van der Waals surface area (Å²) in [5, 5.41) is 21.6. The first kappa shape index (κ1) is 19.5. The molecule has 1 atom stereocenters. The molecule has 1 saturated heterocycles. The molecular weight excluding hydrogens is 342 g/mol. The van der Waals surface area contributed by atoms with E-state index < -0.39 is 5.97 Å². The Kier molecular flexibility index (Phi) is 7.33. The van der Waals surface area contributed by atoms with Crippen molar-refractivity contribution in [2.24, 2.45) is 5.92 Å². The lowest BCUT2D eigenvalue weighted by molar-refractivity contribution is -0.137. The zero-order valence-corrected chi connectivity index (χ0v) is 15.8. The van der Waals surface area contributed by atoms with Crippen molar-refractivity contribution in [3.63, 3.8) is 0 Å². The van der Waals surface area contributed by atoms with Crippen LogP contribution in [0.4, 0.5) is 0 Å². The smallest absolute Gasteiger partial charge is 0.303 e. The molecule has 0 radical (unpaired) electrons. The zero-order chi connectivity index (χ0) is 18.9. The maximum Gasteiger partial charge on any atom is 0.303 e. The van der Waals surface area contributed by atoms with Crippen LogP contribution in [0, 0.1) is 5.92 Å². The van der Waals surface area contributed by atoms with Crippen LogP contribution in [0.1, 0.15) is 44.9 Å². The molecule has 1 aliphatic heterocycles. The summed E-state index contributed by atoms with van der Waals surface area (Å²) in [6, 6.07) is 9.91. The van der Waals surface area contributed by atoms with E-state index in [1.54, 1.807) is 4.80 Å². The highest BCUT2D eigenvalue weighted by atomic mass is 16.4. The molecule has 146 valence electrons. The average molecular weight is 371 g/mol. The van der Waals surface area contributed by atoms with Crippen molar-refractivity contribution in [1.82, 2.24) is 25.1 Å². The summed E-state index contributed by atoms with van der Waals surface area (Å²) in [7, 11) is 0. The van der Waals surface area contributed by atoms with E-state index in [-0.39, 0.29) is 0 Å². The molecule has 0 bridgehead atoms. The van der Waals surface area contributed by atoms with Gasteiger partial charge in [-0.2, -0.15) is 4.80 Å². The second-order valence-corrected chi connectivity index (χ2v) is 7.38. The van der Waals surface area contributed by atoms with Gasteiger partial charge in [0.05, 0.1) is 6.54 Å². The second-order valence-electron chi connectivity index (χ2n) is 7.38. The molecule has 27 heavy (non-hydrogen) atoms. The topological polar surface area (TPSA) is 84.1 Å². The van der Waals surface area contributed by atoms with E-state index in [4.69, 9.17) is 5.11 Å². The molecule has 2 aromatic rings. The van der Waals surface area contributed by atoms with Crippen LogP contribution in [0.5, 0.6) is 0 Å². The van der Waals surface area contributed by atoms with Crippen LogP contribution in [0.3, 0.4) is 0 Å². The lowest BCUT2D eigenvalue weighted by atomic mass is 9.93. The van der Waals surface area contributed by atoms with E-state index in [0.29, 0.717) is 18.2 Å². The first-order chi connectivity index (χ1) is 13.2. The van der Waals surface area contributed by atoms with E-state index in [0.717, 1.165) is 57.4 Å². The third kappa shape index (κ3) is 6.43. The van der Waals surface area contributed by atoms with Gasteiger partial charge in [0.1, 0.15) is 0 Å². The third-order valence-corrected chi connectivity index (χ3v) is 5.19. The lowest BCUT2D eigenvalue weighted by Crippen LogP contribution is -2.36. The number of rotatable bonds is 10. The van der Waals surface area contributed by atoms with Gasteiger partial charge in [-0.15, -0.1) is 10.2 Å². The van der Waals surface area contributed by atoms with Gasteiger partial charge in [-0.3, -0.25) is 4.79 Å². The number of hydrogen-bond acceptors (Lipinski definition) is 5. The third-order valence-electron chi connectivity index (χ3n) is 5.19. The number of nitrogens with zero attached hydrogens (tertiary/aromatic N) is 5. The highest BCUT2D eigenvalue weighted by Crippen LogP contribution is 2.21. The van der Waals surface area contributed by atoms with Crippen LogP contribution in [0.25, 0.3) is 11.4 Å². The van der Waals surface area contributed by atoms with Crippen LogP contribution < -0.4 is 0 Å². The molecule has 0 amide bonds. The summed E-state index contributed by atoms with van der Waals surface area (Å²) < 4.78 is 0. The van der Waals surface area contributed by atoms with Crippen molar-refractivity contribution >= 4 is 5.97 Å². The molecule has 1 aliphatic rings. The molecule has 1 aromatic heterocycles. The van der Waals surface area contributed by atoms with Crippen LogP contribution in [-0.2, 0) is 11.3 Å². The summed E-state index contributed by atoms with van der Waals surface area (Å²) in [6.45, 7) is 4.09. The fourth-order valence-corrected chi connectivity index (χ4v) is 3.72. The van der Waals surface area contributed by atoms with E-state index in [1.807, 2.05) is 30.3 Å². The maximum absolute atomic E-state index is 10.7. The van der Waals surface area contributed by atoms with Gasteiger partial charge in [0.2, 0.25) is 5.82 Å². The summed E-state index contributed by atoms with van der Waals surface area (Å²) >= 11 is 0. The Hall–Kier alpha value is -2.28. The van der Waals surface area contributed by atoms with Gasteiger partial charge in [-0.05, 0) is 56.3 Å². The predicted molar refractivity (Wildman–Crippen MR) is 103 cm³/mol. The van der Waals surface area contributed by atoms with Gasteiger partial charge in [0.25, 0.3) is 0 Å². The van der Waals surface area contributed by atoms with E-state index in [2.05, 4.69) is 20.3 Å². The lowest BCUT2D eigenvalue weighted by Gasteiger charge is -2.32. The van der Waals surface area contributed by atoms with Crippen molar-refractivity contribution < 1.29 is 9.90 Å². The standard InChI is InChI=1S/C20H29N5O2/c26-19(27)12-11-17-8-7-14-24(16-17)13-5-2-6-15-25-22-20(21-23-25)18-9-3-1-4-10-18/h1,3-4,9-10,17H,2,5-8,11-16H2,(H,26,27). The first-order valence-electron chi connectivity index (χ1n) is 9.98. The molecule has 7 nitrogen and oxygen atoms in total. The summed E-state index contributed by atoms with van der Waals surface area (Å²) in [4.78, 5) is 14.9. The minimum atomic E-state index is -0.677. The van der Waals surface area contributed by atoms with E-state index in [1.165, 1.54) is 12.8 Å². The van der Waals surface area contributed by atoms with Crippen LogP contribution in [0.2, 0.25) is 0 Å². The normalized spacial score (nSPS) is 17.9. The molecule has 0 aliphatic carbocycles. The second kappa shape index (κ2) is 10.2. The SMILES string of the molecule is O=C(O)CCC1CCCN(CCCCCn2nnc(-c3ccccc3)n2)C1. The summed E-state index contributed by atoms with van der Waals surface area (Å²) in [5.74, 6) is 0.547. The Bertz CT molecular complexity index is 703. The minimum Gasteiger partial charge on any atom is -0.481 e. The van der Waals surface area contributed by atoms with Gasteiger partial charge in [0.15, 0.2) is 0 Å². The van der Waals surface area contributed by atoms with Gasteiger partial charge in [-0.25, -0.2) is 0 Å². The van der Waals surface area contributed by atoms with Crippen LogP contribution >= 0.6 is 0 Å². The predicted octanol–water partition coefficient (Wildman–Crippen LogP) is 3.09. The molecule has 7 heteroatoms. The Morgan fingerprint density at radius 2 is 1.96 bits per heavy atom. The Labute approximate surface area is 160 Å². The van der Waals surface area contributed by atoms with Gasteiger partial charge in [0, 0.05) is 18.5 Å². The molecular formula is C20H29N5O2. The zero-order valence-electron chi connectivity index (χ0n) is 15.8. The van der Waals surface area contributed by atoms with Crippen molar-refractivity contribution in [2.45, 2.75) is 51.5 Å². The number of aliphatic carboxylic acids is 1. The molecule has 1 fully saturated rings. The van der Waals surface area contributed by atoms with Crippen molar-refractivity contribution in [2.75, 3.05) is 19.6 Å². The van der Waals surface area contributed by atoms with Crippen LogP contribution in [0.15, 0.2) is 30.3 Å². The molecule has 2 heterocycles. The van der Waals surface area contributed by atoms with Crippen LogP contribution in [-0.4, -0.2) is 55.8 Å². The maximum atomic E-state index is 10.7. The summed E-state index contributed by atoms with van der Waals surface area (Å²) in [6.07, 6.45) is 6.81. The number of likely N-dealkylation sites (tertiary alicyclic amines) is 1. The number of unbranched alkanes of at least 4 members (excludes halogenated alkanes) is 2. The molecule has 1 aromatic carbocycles. The Morgan fingerprint density at radius 1 is 1.15 bits per heavy atom. The number of carboxylic acid groups (broad SMARTS) is 1. The number of aryl methyl sites for hydroxylation is 1. The van der Waals surface area contributed by atoms with Gasteiger partial charge < -0.3 is 10.0 Å². The van der Waals surface area contributed by atoms with Gasteiger partial charge in [-0.1, -0.05) is 36.8 Å². The largest absolute Gasteiger partial charge is 0.481 e. The molecule has 0 spiro atoms. The van der Waals surface area contributed by atoms with Gasteiger partial charge >= 0.3 is 5.97 Å². The first-order valence-corrected chi connectivity index (χ1v) is 9.98. The number of benzene rings is 1. The fourth-order valence-electron chi connectivity index (χ4n) is 3.72. The Balaban J connectivity index is 1.31. The van der Waals surface area contributed by atoms with E-state index >= 15 is 0 Å². The minimum absolute atomic E-state index is 0.300. The van der Waals surface area contributed by atoms with Crippen molar-refractivity contribution in [3.8, 4) is 11.4 Å². The average Bonchev–Trinajstić information content (AvgIpc) is 3.16. The van der Waals surface area contributed by atoms with Crippen molar-refractivity contribution in [3.05, 3.63) is 30.3 Å². The molecule has 0 saturated carbocycles. The quantitative estimate of drug-likeness (QED) is 0.646. The number of carbonyl (C=O) groups is 1.